The summed E-state index contributed by atoms with van der Waals surface area (Å²) >= 11 is 10.4. The van der Waals surface area contributed by atoms with Crippen molar-refractivity contribution in [1.29, 1.82) is 0 Å². The highest BCUT2D eigenvalue weighted by molar-refractivity contribution is 9.10. The van der Waals surface area contributed by atoms with Crippen molar-refractivity contribution in [3.8, 4) is 0 Å². The normalized spacial score (nSPS) is 18.0. The SMILES string of the molecule is CN(Cc1cc(Br)cs1)C(=O)C1(C(N)=S)CCCCCC1. The summed E-state index contributed by atoms with van der Waals surface area (Å²) < 4.78 is 1.06. The number of carbonyl (C=O) groups is 1. The molecule has 21 heavy (non-hydrogen) atoms. The Labute approximate surface area is 144 Å². The van der Waals surface area contributed by atoms with Gasteiger partial charge in [0.15, 0.2) is 0 Å². The predicted octanol–water partition coefficient (Wildman–Crippen LogP) is 4.10. The average molecular weight is 389 g/mol. The number of rotatable bonds is 4. The molecule has 116 valence electrons. The number of nitrogens with zero attached hydrogens (tertiary/aromatic N) is 1. The molecule has 1 aromatic rings. The van der Waals surface area contributed by atoms with Gasteiger partial charge in [0.05, 0.1) is 16.9 Å². The Kier molecular flexibility index (Phi) is 5.80. The van der Waals surface area contributed by atoms with Gasteiger partial charge in [-0.05, 0) is 34.8 Å². The third kappa shape index (κ3) is 3.85. The summed E-state index contributed by atoms with van der Waals surface area (Å²) in [6.45, 7) is 0.611. The van der Waals surface area contributed by atoms with Crippen LogP contribution >= 0.6 is 39.5 Å². The molecule has 3 nitrogen and oxygen atoms in total. The lowest BCUT2D eigenvalue weighted by molar-refractivity contribution is -0.138. The Balaban J connectivity index is 2.15. The van der Waals surface area contributed by atoms with Crippen molar-refractivity contribution in [1.82, 2.24) is 4.90 Å². The molecule has 0 saturated heterocycles. The van der Waals surface area contributed by atoms with E-state index in [2.05, 4.69) is 22.0 Å². The van der Waals surface area contributed by atoms with Crippen LogP contribution in [0.15, 0.2) is 15.9 Å². The molecule has 0 radical (unpaired) electrons. The minimum absolute atomic E-state index is 0.0847. The molecule has 1 fully saturated rings. The summed E-state index contributed by atoms with van der Waals surface area (Å²) in [5, 5.41) is 2.03. The average Bonchev–Trinajstić information content (AvgIpc) is 2.71. The van der Waals surface area contributed by atoms with Crippen molar-refractivity contribution in [2.45, 2.75) is 45.1 Å². The molecule has 0 aliphatic heterocycles. The van der Waals surface area contributed by atoms with E-state index in [1.807, 2.05) is 12.4 Å². The molecule has 0 unspecified atom stereocenters. The molecule has 2 N–H and O–H groups in total. The Morgan fingerprint density at radius 3 is 2.52 bits per heavy atom. The minimum Gasteiger partial charge on any atom is -0.392 e. The summed E-state index contributed by atoms with van der Waals surface area (Å²) in [6, 6.07) is 2.05. The number of nitrogens with two attached hydrogens (primary N) is 1. The summed E-state index contributed by atoms with van der Waals surface area (Å²) in [5.41, 5.74) is 5.36. The van der Waals surface area contributed by atoms with Crippen molar-refractivity contribution in [2.24, 2.45) is 11.1 Å². The van der Waals surface area contributed by atoms with E-state index in [0.29, 0.717) is 11.5 Å². The van der Waals surface area contributed by atoms with Crippen molar-refractivity contribution in [3.05, 3.63) is 20.8 Å². The van der Waals surface area contributed by atoms with Crippen LogP contribution < -0.4 is 5.73 Å². The fraction of sp³-hybridized carbons (Fsp3) is 0.600. The highest BCUT2D eigenvalue weighted by Crippen LogP contribution is 2.37. The molecule has 1 aliphatic carbocycles. The quantitative estimate of drug-likeness (QED) is 0.623. The third-order valence-electron chi connectivity index (χ3n) is 4.20. The smallest absolute Gasteiger partial charge is 0.235 e. The van der Waals surface area contributed by atoms with Crippen LogP contribution in [0.5, 0.6) is 0 Å². The minimum atomic E-state index is -0.630. The molecule has 6 heteroatoms. The van der Waals surface area contributed by atoms with Gasteiger partial charge in [-0.25, -0.2) is 0 Å². The van der Waals surface area contributed by atoms with E-state index in [1.165, 1.54) is 12.8 Å². The number of thiophene rings is 1. The highest BCUT2D eigenvalue weighted by Gasteiger charge is 2.43. The van der Waals surface area contributed by atoms with Gasteiger partial charge < -0.3 is 10.6 Å². The van der Waals surface area contributed by atoms with Crippen LogP contribution in [0.3, 0.4) is 0 Å². The van der Waals surface area contributed by atoms with Crippen molar-refractivity contribution < 1.29 is 4.79 Å². The van der Waals surface area contributed by atoms with Crippen LogP contribution in [0.1, 0.15) is 43.4 Å². The van der Waals surface area contributed by atoms with Crippen LogP contribution in [0.25, 0.3) is 0 Å². The molecule has 2 rings (SSSR count). The zero-order valence-electron chi connectivity index (χ0n) is 12.2. The van der Waals surface area contributed by atoms with Crippen LogP contribution in [-0.4, -0.2) is 22.8 Å². The maximum Gasteiger partial charge on any atom is 0.235 e. The molecule has 0 atom stereocenters. The molecule has 0 spiro atoms. The van der Waals surface area contributed by atoms with E-state index in [4.69, 9.17) is 18.0 Å². The van der Waals surface area contributed by atoms with Gasteiger partial charge in [0.25, 0.3) is 0 Å². The molecule has 1 saturated carbocycles. The second-order valence-electron chi connectivity index (χ2n) is 5.75. The number of hydrogen-bond donors (Lipinski definition) is 1. The van der Waals surface area contributed by atoms with Crippen molar-refractivity contribution in [2.75, 3.05) is 7.05 Å². The van der Waals surface area contributed by atoms with Gasteiger partial charge in [-0.2, -0.15) is 0 Å². The van der Waals surface area contributed by atoms with Gasteiger partial charge in [-0.15, -0.1) is 11.3 Å². The number of halogens is 1. The monoisotopic (exact) mass is 388 g/mol. The van der Waals surface area contributed by atoms with Crippen molar-refractivity contribution in [3.63, 3.8) is 0 Å². The lowest BCUT2D eigenvalue weighted by atomic mass is 9.79. The molecule has 1 amide bonds. The zero-order chi connectivity index (χ0) is 15.5. The standard InChI is InChI=1S/C15H21BrN2OS2/c1-18(9-12-8-11(16)10-21-12)14(19)15(13(17)20)6-4-2-3-5-7-15/h8,10H,2-7,9H2,1H3,(H2,17,20). The van der Waals surface area contributed by atoms with Crippen molar-refractivity contribution >= 4 is 50.4 Å². The summed E-state index contributed by atoms with van der Waals surface area (Å²) in [7, 11) is 1.85. The maximum absolute atomic E-state index is 13.0. The highest BCUT2D eigenvalue weighted by atomic mass is 79.9. The van der Waals surface area contributed by atoms with E-state index in [-0.39, 0.29) is 5.91 Å². The molecule has 0 aromatic carbocycles. The first-order chi connectivity index (χ1) is 9.95. The van der Waals surface area contributed by atoms with Gasteiger partial charge >= 0.3 is 0 Å². The van der Waals surface area contributed by atoms with Gasteiger partial charge in [-0.3, -0.25) is 4.79 Å². The van der Waals surface area contributed by atoms with E-state index < -0.39 is 5.41 Å². The summed E-state index contributed by atoms with van der Waals surface area (Å²) in [4.78, 5) is 16.3. The number of amides is 1. The van der Waals surface area contributed by atoms with Gasteiger partial charge in [0.1, 0.15) is 0 Å². The molecule has 1 aliphatic rings. The molecular weight excluding hydrogens is 368 g/mol. The second-order valence-corrected chi connectivity index (χ2v) is 8.10. The number of carbonyl (C=O) groups excluding carboxylic acids is 1. The number of thiocarbonyl (C=S) groups is 1. The first-order valence-electron chi connectivity index (χ1n) is 7.24. The Bertz CT molecular complexity index is 521. The Morgan fingerprint density at radius 1 is 1.43 bits per heavy atom. The van der Waals surface area contributed by atoms with Crippen LogP contribution in [0.4, 0.5) is 0 Å². The topological polar surface area (TPSA) is 46.3 Å². The third-order valence-corrected chi connectivity index (χ3v) is 6.27. The Morgan fingerprint density at radius 2 is 2.05 bits per heavy atom. The molecule has 1 aromatic heterocycles. The first kappa shape index (κ1) is 16.9. The van der Waals surface area contributed by atoms with Crippen LogP contribution in [0.2, 0.25) is 0 Å². The first-order valence-corrected chi connectivity index (χ1v) is 9.32. The van der Waals surface area contributed by atoms with Crippen LogP contribution in [0, 0.1) is 5.41 Å². The van der Waals surface area contributed by atoms with Gasteiger partial charge in [0.2, 0.25) is 5.91 Å². The van der Waals surface area contributed by atoms with E-state index in [0.717, 1.165) is 35.0 Å². The second kappa shape index (κ2) is 7.20. The molecule has 1 heterocycles. The lowest BCUT2D eigenvalue weighted by Crippen LogP contribution is -2.49. The molecular formula is C15H21BrN2OS2. The van der Waals surface area contributed by atoms with E-state index in [1.54, 1.807) is 16.2 Å². The van der Waals surface area contributed by atoms with Gasteiger partial charge in [0, 0.05) is 21.8 Å². The maximum atomic E-state index is 13.0. The molecule has 0 bridgehead atoms. The summed E-state index contributed by atoms with van der Waals surface area (Å²) in [5.74, 6) is 0.0847. The number of hydrogen-bond acceptors (Lipinski definition) is 3. The fourth-order valence-corrected chi connectivity index (χ4v) is 4.80. The zero-order valence-corrected chi connectivity index (χ0v) is 15.5. The van der Waals surface area contributed by atoms with E-state index in [9.17, 15) is 4.79 Å². The fourth-order valence-electron chi connectivity index (χ4n) is 3.01. The largest absolute Gasteiger partial charge is 0.392 e. The van der Waals surface area contributed by atoms with E-state index >= 15 is 0 Å². The predicted molar refractivity (Wildman–Crippen MR) is 95.4 cm³/mol. The summed E-state index contributed by atoms with van der Waals surface area (Å²) in [6.07, 6.45) is 5.97. The Hall–Kier alpha value is -0.460. The van der Waals surface area contributed by atoms with Gasteiger partial charge in [-0.1, -0.05) is 37.9 Å². The lowest BCUT2D eigenvalue weighted by Gasteiger charge is -2.34. The van der Waals surface area contributed by atoms with Crippen LogP contribution in [-0.2, 0) is 11.3 Å².